The summed E-state index contributed by atoms with van der Waals surface area (Å²) in [6.07, 6.45) is 0. The van der Waals surface area contributed by atoms with Gasteiger partial charge in [0.25, 0.3) is 5.91 Å². The average Bonchev–Trinajstić information content (AvgIpc) is 3.27. The quantitative estimate of drug-likeness (QED) is 0.681. The van der Waals surface area contributed by atoms with Crippen LogP contribution < -0.4 is 14.2 Å². The van der Waals surface area contributed by atoms with E-state index >= 15 is 0 Å². The summed E-state index contributed by atoms with van der Waals surface area (Å²) in [4.78, 5) is 29.8. The van der Waals surface area contributed by atoms with Crippen LogP contribution in [0.1, 0.15) is 28.8 Å². The van der Waals surface area contributed by atoms with Crippen molar-refractivity contribution in [1.82, 2.24) is 9.80 Å². The molecule has 7 heteroatoms. The van der Waals surface area contributed by atoms with E-state index < -0.39 is 0 Å². The van der Waals surface area contributed by atoms with Crippen molar-refractivity contribution in [1.29, 1.82) is 0 Å². The minimum atomic E-state index is -0.361. The van der Waals surface area contributed by atoms with Crippen LogP contribution in [0.2, 0.25) is 0 Å². The van der Waals surface area contributed by atoms with E-state index in [-0.39, 0.29) is 23.7 Å². The first-order valence-corrected chi connectivity index (χ1v) is 10.3. The van der Waals surface area contributed by atoms with Gasteiger partial charge in [-0.15, -0.1) is 0 Å². The third kappa shape index (κ3) is 4.45. The minimum Gasteiger partial charge on any atom is -0.493 e. The maximum atomic E-state index is 13.2. The molecule has 0 bridgehead atoms. The summed E-state index contributed by atoms with van der Waals surface area (Å²) in [6, 6.07) is 12.9. The monoisotopic (exact) mass is 426 g/mol. The highest BCUT2D eigenvalue weighted by molar-refractivity contribution is 5.95. The number of carbonyl (C=O) groups is 2. The summed E-state index contributed by atoms with van der Waals surface area (Å²) in [5.41, 5.74) is 1.49. The number of amides is 2. The number of hydrogen-bond donors (Lipinski definition) is 0. The van der Waals surface area contributed by atoms with Crippen molar-refractivity contribution in [3.8, 4) is 17.2 Å². The maximum absolute atomic E-state index is 13.2. The molecule has 2 atom stereocenters. The molecule has 1 aliphatic heterocycles. The summed E-state index contributed by atoms with van der Waals surface area (Å²) in [6.45, 7) is 3.33. The summed E-state index contributed by atoms with van der Waals surface area (Å²) >= 11 is 0. The molecule has 7 nitrogen and oxygen atoms in total. The molecule has 31 heavy (non-hydrogen) atoms. The molecule has 1 heterocycles. The second-order valence-corrected chi connectivity index (χ2v) is 7.60. The van der Waals surface area contributed by atoms with E-state index in [1.54, 1.807) is 50.3 Å². The van der Waals surface area contributed by atoms with E-state index in [9.17, 15) is 9.59 Å². The van der Waals surface area contributed by atoms with Crippen LogP contribution in [-0.4, -0.2) is 69.6 Å². The molecule has 2 amide bonds. The zero-order valence-electron chi connectivity index (χ0n) is 18.8. The molecule has 1 saturated heterocycles. The number of benzene rings is 2. The Morgan fingerprint density at radius 3 is 2.13 bits per heavy atom. The van der Waals surface area contributed by atoms with E-state index in [1.165, 1.54) is 0 Å². The average molecular weight is 427 g/mol. The lowest BCUT2D eigenvalue weighted by atomic mass is 9.87. The van der Waals surface area contributed by atoms with Gasteiger partial charge in [-0.3, -0.25) is 9.59 Å². The van der Waals surface area contributed by atoms with Gasteiger partial charge < -0.3 is 24.0 Å². The molecule has 0 unspecified atom stereocenters. The maximum Gasteiger partial charge on any atom is 0.253 e. The summed E-state index contributed by atoms with van der Waals surface area (Å²) in [7, 11) is 6.47. The van der Waals surface area contributed by atoms with Gasteiger partial charge in [0.2, 0.25) is 11.7 Å². The van der Waals surface area contributed by atoms with Gasteiger partial charge in [0.15, 0.2) is 11.5 Å². The number of nitrogens with zero attached hydrogens (tertiary/aromatic N) is 2. The molecule has 0 aromatic heterocycles. The van der Waals surface area contributed by atoms with Crippen molar-refractivity contribution >= 4 is 11.8 Å². The molecule has 0 saturated carbocycles. The van der Waals surface area contributed by atoms with Gasteiger partial charge >= 0.3 is 0 Å². The molecule has 0 radical (unpaired) electrons. The standard InChI is InChI=1S/C24H30N2O5/c1-6-25(2)24(28)19-15-26(23(27)16-10-8-7-9-11-16)14-18(19)17-12-20(29-3)22(31-5)21(13-17)30-4/h7-13,18-19H,6,14-15H2,1-5H3/t18-,19+/m1/s1. The summed E-state index contributed by atoms with van der Waals surface area (Å²) < 4.78 is 16.4. The number of methoxy groups -OCH3 is 3. The van der Waals surface area contributed by atoms with Crippen molar-refractivity contribution in [3.05, 3.63) is 53.6 Å². The van der Waals surface area contributed by atoms with Gasteiger partial charge in [-0.25, -0.2) is 0 Å². The zero-order chi connectivity index (χ0) is 22.5. The fraction of sp³-hybridized carbons (Fsp3) is 0.417. The number of likely N-dealkylation sites (tertiary alicyclic amines) is 1. The molecule has 166 valence electrons. The normalized spacial score (nSPS) is 17.9. The Kier molecular flexibility index (Phi) is 7.05. The minimum absolute atomic E-state index is 0.0182. The fourth-order valence-electron chi connectivity index (χ4n) is 4.08. The highest BCUT2D eigenvalue weighted by Crippen LogP contribution is 2.43. The third-order valence-electron chi connectivity index (χ3n) is 5.91. The topological polar surface area (TPSA) is 68.3 Å². The molecule has 1 fully saturated rings. The van der Waals surface area contributed by atoms with Gasteiger partial charge in [0.1, 0.15) is 0 Å². The smallest absolute Gasteiger partial charge is 0.253 e. The van der Waals surface area contributed by atoms with Crippen LogP contribution in [0.4, 0.5) is 0 Å². The number of hydrogen-bond acceptors (Lipinski definition) is 5. The Morgan fingerprint density at radius 2 is 1.61 bits per heavy atom. The van der Waals surface area contributed by atoms with Crippen molar-refractivity contribution in [2.45, 2.75) is 12.8 Å². The van der Waals surface area contributed by atoms with Gasteiger partial charge in [0, 0.05) is 38.2 Å². The highest BCUT2D eigenvalue weighted by atomic mass is 16.5. The van der Waals surface area contributed by atoms with Gasteiger partial charge in [-0.1, -0.05) is 18.2 Å². The van der Waals surface area contributed by atoms with E-state index in [1.807, 2.05) is 37.3 Å². The van der Waals surface area contributed by atoms with Gasteiger partial charge in [0.05, 0.1) is 27.2 Å². The van der Waals surface area contributed by atoms with Crippen molar-refractivity contribution in [2.75, 3.05) is 48.0 Å². The SMILES string of the molecule is CCN(C)C(=O)[C@H]1CN(C(=O)c2ccccc2)C[C@@H]1c1cc(OC)c(OC)c(OC)c1. The predicted molar refractivity (Wildman–Crippen MR) is 118 cm³/mol. The van der Waals surface area contributed by atoms with Crippen molar-refractivity contribution in [3.63, 3.8) is 0 Å². The van der Waals surface area contributed by atoms with Crippen LogP contribution in [0, 0.1) is 5.92 Å². The predicted octanol–water partition coefficient (Wildman–Crippen LogP) is 3.05. The molecule has 2 aromatic carbocycles. The van der Waals surface area contributed by atoms with Crippen molar-refractivity contribution in [2.24, 2.45) is 5.92 Å². The van der Waals surface area contributed by atoms with Crippen molar-refractivity contribution < 1.29 is 23.8 Å². The Hall–Kier alpha value is -3.22. The Labute approximate surface area is 183 Å². The first kappa shape index (κ1) is 22.5. The van der Waals surface area contributed by atoms with E-state index in [2.05, 4.69) is 0 Å². The van der Waals surface area contributed by atoms with Crippen LogP contribution in [0.15, 0.2) is 42.5 Å². The van der Waals surface area contributed by atoms with E-state index in [0.717, 1.165) is 5.56 Å². The second kappa shape index (κ2) is 9.73. The molecular formula is C24H30N2O5. The lowest BCUT2D eigenvalue weighted by Crippen LogP contribution is -2.36. The van der Waals surface area contributed by atoms with Gasteiger partial charge in [-0.2, -0.15) is 0 Å². The first-order chi connectivity index (χ1) is 14.9. The molecule has 1 aliphatic rings. The van der Waals surface area contributed by atoms with Gasteiger partial charge in [-0.05, 0) is 36.8 Å². The zero-order valence-corrected chi connectivity index (χ0v) is 18.8. The highest BCUT2D eigenvalue weighted by Gasteiger charge is 2.42. The third-order valence-corrected chi connectivity index (χ3v) is 5.91. The largest absolute Gasteiger partial charge is 0.493 e. The van der Waals surface area contributed by atoms with Crippen LogP contribution in [0.25, 0.3) is 0 Å². The number of rotatable bonds is 7. The summed E-state index contributed by atoms with van der Waals surface area (Å²) in [5.74, 6) is 0.942. The van der Waals surface area contributed by atoms with Crippen LogP contribution in [0.5, 0.6) is 17.2 Å². The second-order valence-electron chi connectivity index (χ2n) is 7.60. The van der Waals surface area contributed by atoms with Crippen LogP contribution in [0.3, 0.4) is 0 Å². The first-order valence-electron chi connectivity index (χ1n) is 10.3. The molecule has 0 aliphatic carbocycles. The lowest BCUT2D eigenvalue weighted by molar-refractivity contribution is -0.133. The van der Waals surface area contributed by atoms with Crippen LogP contribution in [-0.2, 0) is 4.79 Å². The number of ether oxygens (including phenoxy) is 3. The molecule has 3 rings (SSSR count). The lowest BCUT2D eigenvalue weighted by Gasteiger charge is -2.24. The van der Waals surface area contributed by atoms with Crippen LogP contribution >= 0.6 is 0 Å². The Morgan fingerprint density at radius 1 is 1.00 bits per heavy atom. The van der Waals surface area contributed by atoms with E-state index in [4.69, 9.17) is 14.2 Å². The number of carbonyl (C=O) groups excluding carboxylic acids is 2. The molecular weight excluding hydrogens is 396 g/mol. The summed E-state index contributed by atoms with van der Waals surface area (Å²) in [5, 5.41) is 0. The Bertz CT molecular complexity index is 906. The molecule has 2 aromatic rings. The van der Waals surface area contributed by atoms with E-state index in [0.29, 0.717) is 42.4 Å². The Balaban J connectivity index is 2.01. The molecule has 0 N–H and O–H groups in total. The fourth-order valence-corrected chi connectivity index (χ4v) is 4.08. The molecule has 0 spiro atoms.